The van der Waals surface area contributed by atoms with E-state index in [0.717, 1.165) is 0 Å². The van der Waals surface area contributed by atoms with E-state index in [1.165, 1.54) is 7.05 Å². The van der Waals surface area contributed by atoms with Gasteiger partial charge >= 0.3 is 6.03 Å². The highest BCUT2D eigenvalue weighted by molar-refractivity contribution is 6.10. The minimum Gasteiger partial charge on any atom is -0.341 e. The molecule has 1 atom stereocenters. The molecule has 0 aromatic heterocycles. The molecule has 0 aliphatic carbocycles. The summed E-state index contributed by atoms with van der Waals surface area (Å²) in [4.78, 5) is 53.1. The molecule has 0 spiro atoms. The Balaban J connectivity index is 1.44. The van der Waals surface area contributed by atoms with Crippen LogP contribution in [0.3, 0.4) is 0 Å². The topological polar surface area (TPSA) is 111 Å². The first-order chi connectivity index (χ1) is 15.3. The molecule has 9 heteroatoms. The molecule has 9 nitrogen and oxygen atoms in total. The molecule has 1 fully saturated rings. The molecule has 32 heavy (non-hydrogen) atoms. The molecule has 1 unspecified atom stereocenters. The quantitative estimate of drug-likeness (QED) is 0.671. The maximum atomic E-state index is 13.2. The summed E-state index contributed by atoms with van der Waals surface area (Å²) in [6, 6.07) is 13.5. The Morgan fingerprint density at radius 2 is 1.66 bits per heavy atom. The average molecular weight is 435 g/mol. The van der Waals surface area contributed by atoms with E-state index in [4.69, 9.17) is 0 Å². The minimum absolute atomic E-state index is 0.0210. The molecule has 2 aromatic rings. The third kappa shape index (κ3) is 3.77. The van der Waals surface area contributed by atoms with Crippen LogP contribution in [0.25, 0.3) is 0 Å². The number of hydrogen-bond donors (Lipinski definition) is 3. The van der Waals surface area contributed by atoms with Gasteiger partial charge in [-0.1, -0.05) is 12.1 Å². The molecule has 5 amide bonds. The van der Waals surface area contributed by atoms with Crippen molar-refractivity contribution in [3.8, 4) is 0 Å². The zero-order valence-corrected chi connectivity index (χ0v) is 18.0. The highest BCUT2D eigenvalue weighted by Gasteiger charge is 2.52. The Labute approximate surface area is 185 Å². The molecular formula is C23H25N5O4. The Morgan fingerprint density at radius 3 is 2.34 bits per heavy atom. The smallest absolute Gasteiger partial charge is 0.318 e. The van der Waals surface area contributed by atoms with E-state index in [0.29, 0.717) is 35.5 Å². The number of benzene rings is 2. The monoisotopic (exact) mass is 435 g/mol. The fourth-order valence-corrected chi connectivity index (χ4v) is 4.31. The van der Waals surface area contributed by atoms with Crippen molar-refractivity contribution in [2.75, 3.05) is 29.1 Å². The zero-order valence-electron chi connectivity index (χ0n) is 18.0. The molecule has 0 saturated carbocycles. The van der Waals surface area contributed by atoms with E-state index >= 15 is 0 Å². The van der Waals surface area contributed by atoms with Gasteiger partial charge in [0, 0.05) is 37.8 Å². The zero-order chi connectivity index (χ0) is 22.9. The number of amides is 5. The first-order valence-electron chi connectivity index (χ1n) is 10.5. The Bertz CT molecular complexity index is 1080. The lowest BCUT2D eigenvalue weighted by atomic mass is 9.98. The Kier molecular flexibility index (Phi) is 5.56. The van der Waals surface area contributed by atoms with Crippen LogP contribution in [0.4, 0.5) is 21.9 Å². The van der Waals surface area contributed by atoms with Gasteiger partial charge in [-0.3, -0.25) is 19.3 Å². The summed E-state index contributed by atoms with van der Waals surface area (Å²) in [5, 5.41) is 7.91. The molecular weight excluding hydrogens is 410 g/mol. The number of nitrogens with zero attached hydrogens (tertiary/aromatic N) is 2. The Morgan fingerprint density at radius 1 is 1.00 bits per heavy atom. The van der Waals surface area contributed by atoms with Crippen molar-refractivity contribution in [1.29, 1.82) is 0 Å². The lowest BCUT2D eigenvalue weighted by molar-refractivity contribution is -0.117. The van der Waals surface area contributed by atoms with Crippen molar-refractivity contribution in [3.05, 3.63) is 54.1 Å². The molecule has 2 aliphatic rings. The van der Waals surface area contributed by atoms with Crippen LogP contribution >= 0.6 is 0 Å². The second-order valence-corrected chi connectivity index (χ2v) is 8.00. The predicted octanol–water partition coefficient (Wildman–Crippen LogP) is 2.77. The minimum atomic E-state index is -0.782. The molecule has 2 aromatic carbocycles. The number of carbonyl (C=O) groups excluding carboxylic acids is 4. The number of para-hydroxylation sites is 1. The summed E-state index contributed by atoms with van der Waals surface area (Å²) >= 11 is 0. The van der Waals surface area contributed by atoms with Crippen molar-refractivity contribution in [1.82, 2.24) is 10.2 Å². The SMILES string of the molecule is CNC(=O)Nc1ccc(NC(=O)CCN2C(=O)c3ccccc3N3C(=O)CCC23C)cc1. The fraction of sp³-hybridized carbons (Fsp3) is 0.304. The maximum absolute atomic E-state index is 13.2. The second kappa shape index (κ2) is 8.33. The van der Waals surface area contributed by atoms with E-state index in [9.17, 15) is 19.2 Å². The van der Waals surface area contributed by atoms with Gasteiger partial charge < -0.3 is 20.9 Å². The number of anilines is 3. The van der Waals surface area contributed by atoms with Gasteiger partial charge in [0.15, 0.2) is 0 Å². The lowest BCUT2D eigenvalue weighted by Crippen LogP contribution is -2.62. The predicted molar refractivity (Wildman–Crippen MR) is 120 cm³/mol. The highest BCUT2D eigenvalue weighted by atomic mass is 16.2. The van der Waals surface area contributed by atoms with Crippen molar-refractivity contribution in [3.63, 3.8) is 0 Å². The third-order valence-electron chi connectivity index (χ3n) is 5.96. The van der Waals surface area contributed by atoms with Crippen molar-refractivity contribution >= 4 is 40.8 Å². The van der Waals surface area contributed by atoms with Crippen molar-refractivity contribution in [2.24, 2.45) is 0 Å². The third-order valence-corrected chi connectivity index (χ3v) is 5.96. The van der Waals surface area contributed by atoms with Crippen LogP contribution in [-0.2, 0) is 9.59 Å². The van der Waals surface area contributed by atoms with Gasteiger partial charge in [-0.25, -0.2) is 4.79 Å². The van der Waals surface area contributed by atoms with Gasteiger partial charge in [-0.15, -0.1) is 0 Å². The van der Waals surface area contributed by atoms with Crippen LogP contribution in [0.5, 0.6) is 0 Å². The molecule has 1 saturated heterocycles. The second-order valence-electron chi connectivity index (χ2n) is 8.00. The van der Waals surface area contributed by atoms with Crippen LogP contribution in [0.15, 0.2) is 48.5 Å². The summed E-state index contributed by atoms with van der Waals surface area (Å²) in [6.07, 6.45) is 0.967. The molecule has 2 heterocycles. The summed E-state index contributed by atoms with van der Waals surface area (Å²) < 4.78 is 0. The number of hydrogen-bond acceptors (Lipinski definition) is 4. The van der Waals surface area contributed by atoms with Crippen LogP contribution in [-0.4, -0.2) is 47.9 Å². The highest BCUT2D eigenvalue weighted by Crippen LogP contribution is 2.43. The molecule has 166 valence electrons. The summed E-state index contributed by atoms with van der Waals surface area (Å²) in [5.41, 5.74) is 1.50. The maximum Gasteiger partial charge on any atom is 0.318 e. The molecule has 0 radical (unpaired) electrons. The van der Waals surface area contributed by atoms with Crippen LogP contribution < -0.4 is 20.9 Å². The van der Waals surface area contributed by atoms with Crippen molar-refractivity contribution in [2.45, 2.75) is 31.8 Å². The first-order valence-corrected chi connectivity index (χ1v) is 10.5. The first kappa shape index (κ1) is 21.4. The molecule has 4 rings (SSSR count). The number of urea groups is 1. The van der Waals surface area contributed by atoms with E-state index < -0.39 is 5.66 Å². The average Bonchev–Trinajstić information content (AvgIpc) is 3.10. The summed E-state index contributed by atoms with van der Waals surface area (Å²) in [5.74, 6) is -0.443. The van der Waals surface area contributed by atoms with E-state index in [2.05, 4.69) is 16.0 Å². The normalized spacial score (nSPS) is 19.3. The molecule has 3 N–H and O–H groups in total. The Hall–Kier alpha value is -3.88. The van der Waals surface area contributed by atoms with Gasteiger partial charge in [0.2, 0.25) is 11.8 Å². The number of nitrogens with one attached hydrogen (secondary N) is 3. The van der Waals surface area contributed by atoms with Crippen molar-refractivity contribution < 1.29 is 19.2 Å². The van der Waals surface area contributed by atoms with Crippen LogP contribution in [0.2, 0.25) is 0 Å². The van der Waals surface area contributed by atoms with Crippen LogP contribution in [0.1, 0.15) is 36.5 Å². The molecule has 0 bridgehead atoms. The largest absolute Gasteiger partial charge is 0.341 e. The van der Waals surface area contributed by atoms with E-state index in [-0.39, 0.29) is 36.7 Å². The van der Waals surface area contributed by atoms with Gasteiger partial charge in [-0.05, 0) is 49.7 Å². The van der Waals surface area contributed by atoms with E-state index in [1.807, 2.05) is 13.0 Å². The van der Waals surface area contributed by atoms with Gasteiger partial charge in [0.1, 0.15) is 5.66 Å². The standard InChI is InChI=1S/C23H25N5O4/c1-23-13-11-20(30)28(23)18-6-4-3-5-17(18)21(31)27(23)14-12-19(29)25-15-7-9-16(10-8-15)26-22(32)24-2/h3-10H,11-14H2,1-2H3,(H,25,29)(H2,24,26,32). The lowest BCUT2D eigenvalue weighted by Gasteiger charge is -2.48. The van der Waals surface area contributed by atoms with Gasteiger partial charge in [0.05, 0.1) is 11.3 Å². The number of rotatable bonds is 5. The van der Waals surface area contributed by atoms with E-state index in [1.54, 1.807) is 52.3 Å². The number of carbonyl (C=O) groups is 4. The summed E-state index contributed by atoms with van der Waals surface area (Å²) in [7, 11) is 1.52. The summed E-state index contributed by atoms with van der Waals surface area (Å²) in [6.45, 7) is 2.07. The molecule has 2 aliphatic heterocycles. The van der Waals surface area contributed by atoms with Crippen LogP contribution in [0, 0.1) is 0 Å². The fourth-order valence-electron chi connectivity index (χ4n) is 4.31. The van der Waals surface area contributed by atoms with Gasteiger partial charge in [0.25, 0.3) is 5.91 Å². The number of fused-ring (bicyclic) bond motifs is 3. The van der Waals surface area contributed by atoms with Gasteiger partial charge in [-0.2, -0.15) is 0 Å².